The molecule has 26 heavy (non-hydrogen) atoms. The van der Waals surface area contributed by atoms with Crippen LogP contribution in [0.3, 0.4) is 0 Å². The van der Waals surface area contributed by atoms with Gasteiger partial charge in [-0.25, -0.2) is 0 Å². The van der Waals surface area contributed by atoms with Gasteiger partial charge < -0.3 is 15.3 Å². The molecule has 1 unspecified atom stereocenters. The van der Waals surface area contributed by atoms with Crippen LogP contribution in [0.25, 0.3) is 0 Å². The van der Waals surface area contributed by atoms with Crippen molar-refractivity contribution >= 4 is 11.6 Å². The van der Waals surface area contributed by atoms with Crippen LogP contribution in [0.5, 0.6) is 0 Å². The fraction of sp³-hybridized carbons (Fsp3) is 0.800. The highest BCUT2D eigenvalue weighted by molar-refractivity contribution is 5.99. The molecule has 12 atom stereocenters. The van der Waals surface area contributed by atoms with Crippen molar-refractivity contribution in [1.82, 2.24) is 4.90 Å². The second-order valence-electron chi connectivity index (χ2n) is 10.6. The highest BCUT2D eigenvalue weighted by Crippen LogP contribution is 2.86. The van der Waals surface area contributed by atoms with E-state index in [1.165, 1.54) is 0 Å². The van der Waals surface area contributed by atoms with Gasteiger partial charge in [-0.05, 0) is 17.8 Å². The molecule has 0 aromatic heterocycles. The lowest BCUT2D eigenvalue weighted by molar-refractivity contribution is -0.259. The number of fused-ring (bicyclic) bond motifs is 1. The van der Waals surface area contributed by atoms with Gasteiger partial charge in [0.15, 0.2) is 5.78 Å². The Kier molecular flexibility index (Phi) is 2.01. The summed E-state index contributed by atoms with van der Waals surface area (Å²) in [6.07, 6.45) is -0.648. The summed E-state index contributed by atoms with van der Waals surface area (Å²) in [5.74, 6) is -1.33. The smallest absolute Gasteiger partial charge is 0.176 e. The number of rotatable bonds is 0. The molecular formula is C20H23NO5. The van der Waals surface area contributed by atoms with Gasteiger partial charge in [0, 0.05) is 42.2 Å². The molecule has 3 saturated heterocycles. The van der Waals surface area contributed by atoms with Crippen molar-refractivity contribution in [1.29, 1.82) is 0 Å². The summed E-state index contributed by atoms with van der Waals surface area (Å²) in [6.45, 7) is 6.77. The van der Waals surface area contributed by atoms with E-state index in [1.54, 1.807) is 0 Å². The van der Waals surface area contributed by atoms with Crippen LogP contribution in [0.15, 0.2) is 12.2 Å². The molecule has 138 valence electrons. The first-order valence-electron chi connectivity index (χ1n) is 9.74. The summed E-state index contributed by atoms with van der Waals surface area (Å²) >= 11 is 0. The van der Waals surface area contributed by atoms with Crippen LogP contribution < -0.4 is 0 Å². The number of Topliss-reactive ketones (excluding diaryl/α,β-unsaturated/α-hetero) is 2. The Bertz CT molecular complexity index is 870. The van der Waals surface area contributed by atoms with Crippen molar-refractivity contribution in [2.45, 2.75) is 56.1 Å². The molecule has 3 N–H and O–H groups in total. The molecule has 6 heteroatoms. The largest absolute Gasteiger partial charge is 0.392 e. The number of carbonyl (C=O) groups is 2. The summed E-state index contributed by atoms with van der Waals surface area (Å²) < 4.78 is 0. The van der Waals surface area contributed by atoms with E-state index >= 15 is 0 Å². The lowest BCUT2D eigenvalue weighted by Gasteiger charge is -2.66. The molecule has 0 amide bonds. The van der Waals surface area contributed by atoms with E-state index in [1.807, 2.05) is 0 Å². The van der Waals surface area contributed by atoms with Crippen molar-refractivity contribution in [3.8, 4) is 0 Å². The highest BCUT2D eigenvalue weighted by atomic mass is 16.3. The molecule has 9 rings (SSSR count). The van der Waals surface area contributed by atoms with Gasteiger partial charge in [0.05, 0.1) is 24.2 Å². The predicted molar refractivity (Wildman–Crippen MR) is 87.7 cm³/mol. The van der Waals surface area contributed by atoms with Crippen molar-refractivity contribution < 1.29 is 24.9 Å². The number of nitrogens with zero attached hydrogens (tertiary/aromatic N) is 1. The average Bonchev–Trinajstić information content (AvgIpc) is 2.99. The van der Waals surface area contributed by atoms with Gasteiger partial charge in [0.1, 0.15) is 11.4 Å². The zero-order chi connectivity index (χ0) is 18.2. The van der Waals surface area contributed by atoms with E-state index in [0.717, 1.165) is 0 Å². The van der Waals surface area contributed by atoms with Gasteiger partial charge in [-0.2, -0.15) is 0 Å². The predicted octanol–water partition coefficient (Wildman–Crippen LogP) is -0.734. The van der Waals surface area contributed by atoms with Gasteiger partial charge in [0.25, 0.3) is 0 Å². The van der Waals surface area contributed by atoms with Crippen LogP contribution in [0, 0.1) is 34.0 Å². The highest BCUT2D eigenvalue weighted by Gasteiger charge is 2.97. The van der Waals surface area contributed by atoms with Crippen molar-refractivity contribution in [2.24, 2.45) is 34.0 Å². The van der Waals surface area contributed by atoms with Gasteiger partial charge in [-0.15, -0.1) is 0 Å². The quantitative estimate of drug-likeness (QED) is 0.495. The Labute approximate surface area is 150 Å². The standard InChI is InChI=1S/C20H23NO5/c1-7-3-19-13-11(23)9(7)14(24)20(19,26)16-18(13)5-8(22)4-17(2)6-21(16)10(12(17)18)15(19)25/h9-13,15-16,23,25-26H,1,3-6H2,2H3/t9-,10-,11+,12-,13+,15-,16+,17-,18+,19+,20+/m1/s1. The lowest BCUT2D eigenvalue weighted by atomic mass is 9.38. The van der Waals surface area contributed by atoms with Crippen LogP contribution >= 0.6 is 0 Å². The fourth-order valence-electron chi connectivity index (χ4n) is 10.1. The molecule has 3 heterocycles. The third-order valence-corrected chi connectivity index (χ3v) is 9.93. The van der Waals surface area contributed by atoms with Crippen molar-refractivity contribution in [3.05, 3.63) is 12.2 Å². The van der Waals surface area contributed by atoms with E-state index in [2.05, 4.69) is 18.4 Å². The molecule has 2 spiro atoms. The molecule has 6 saturated carbocycles. The third kappa shape index (κ3) is 0.946. The van der Waals surface area contributed by atoms with E-state index in [9.17, 15) is 24.9 Å². The lowest BCUT2D eigenvalue weighted by Crippen LogP contribution is -2.80. The number of hydrogen-bond donors (Lipinski definition) is 3. The molecule has 6 aliphatic carbocycles. The Hall–Kier alpha value is -1.08. The van der Waals surface area contributed by atoms with Gasteiger partial charge >= 0.3 is 0 Å². The van der Waals surface area contributed by atoms with Gasteiger partial charge in [-0.3, -0.25) is 14.5 Å². The zero-order valence-corrected chi connectivity index (χ0v) is 14.7. The number of aliphatic hydroxyl groups is 3. The monoisotopic (exact) mass is 357 g/mol. The average molecular weight is 357 g/mol. The van der Waals surface area contributed by atoms with Crippen LogP contribution in [0.1, 0.15) is 26.2 Å². The van der Waals surface area contributed by atoms with Gasteiger partial charge in [-0.1, -0.05) is 19.1 Å². The minimum atomic E-state index is -1.67. The van der Waals surface area contributed by atoms with Crippen LogP contribution in [-0.4, -0.2) is 68.2 Å². The molecule has 9 fully saturated rings. The maximum absolute atomic E-state index is 13.4. The summed E-state index contributed by atoms with van der Waals surface area (Å²) in [5.41, 5.74) is -2.96. The maximum Gasteiger partial charge on any atom is 0.176 e. The molecule has 0 aromatic carbocycles. The normalized spacial score (nSPS) is 71.3. The van der Waals surface area contributed by atoms with Crippen molar-refractivity contribution in [3.63, 3.8) is 0 Å². The molecule has 9 bridgehead atoms. The van der Waals surface area contributed by atoms with Gasteiger partial charge in [0.2, 0.25) is 0 Å². The Morgan fingerprint density at radius 3 is 2.62 bits per heavy atom. The Balaban J connectivity index is 1.62. The minimum Gasteiger partial charge on any atom is -0.392 e. The molecule has 6 nitrogen and oxygen atoms in total. The third-order valence-electron chi connectivity index (χ3n) is 9.93. The number of aliphatic hydroxyl groups excluding tert-OH is 2. The summed E-state index contributed by atoms with van der Waals surface area (Å²) in [6, 6.07) is -0.576. The van der Waals surface area contributed by atoms with Crippen LogP contribution in [0.2, 0.25) is 0 Å². The summed E-state index contributed by atoms with van der Waals surface area (Å²) in [7, 11) is 0. The van der Waals surface area contributed by atoms with E-state index in [0.29, 0.717) is 31.4 Å². The Morgan fingerprint density at radius 1 is 1.15 bits per heavy atom. The maximum atomic E-state index is 13.4. The van der Waals surface area contributed by atoms with E-state index in [-0.39, 0.29) is 28.9 Å². The second kappa shape index (κ2) is 3.50. The number of carbonyl (C=O) groups excluding carboxylic acids is 2. The fourth-order valence-corrected chi connectivity index (χ4v) is 10.1. The number of hydrogen-bond acceptors (Lipinski definition) is 6. The first-order valence-corrected chi connectivity index (χ1v) is 9.74. The molecule has 0 aromatic rings. The Morgan fingerprint density at radius 2 is 1.88 bits per heavy atom. The molecule has 9 aliphatic rings. The SMILES string of the molecule is C=C1C[C@@]23[C@H](O)[C@H]4[C@@H]5[C@]6(C)CC(=O)C[C@@]57[C@@H]2[C@@H](O)[C@@H]1C(=O)[C@]3(O)[C@H]7N4C6. The zero-order valence-electron chi connectivity index (χ0n) is 14.7. The minimum absolute atomic E-state index is 0.0485. The first-order chi connectivity index (χ1) is 12.2. The molecule has 0 radical (unpaired) electrons. The summed E-state index contributed by atoms with van der Waals surface area (Å²) in [4.78, 5) is 28.3. The molecular weight excluding hydrogens is 334 g/mol. The number of piperidine rings is 2. The number of ketones is 2. The van der Waals surface area contributed by atoms with E-state index in [4.69, 9.17) is 0 Å². The van der Waals surface area contributed by atoms with Crippen molar-refractivity contribution in [2.75, 3.05) is 6.54 Å². The van der Waals surface area contributed by atoms with Crippen LogP contribution in [-0.2, 0) is 9.59 Å². The second-order valence-corrected chi connectivity index (χ2v) is 10.6. The molecule has 3 aliphatic heterocycles. The summed E-state index contributed by atoms with van der Waals surface area (Å²) in [5, 5.41) is 34.7. The topological polar surface area (TPSA) is 98.1 Å². The first kappa shape index (κ1) is 14.9. The van der Waals surface area contributed by atoms with E-state index < -0.39 is 46.5 Å². The van der Waals surface area contributed by atoms with Crippen LogP contribution in [0.4, 0.5) is 0 Å².